The minimum atomic E-state index is -0.228. The van der Waals surface area contributed by atoms with Crippen LogP contribution in [0.1, 0.15) is 67.8 Å². The number of piperidine rings is 2. The van der Waals surface area contributed by atoms with Crippen molar-refractivity contribution in [3.8, 4) is 11.4 Å². The lowest BCUT2D eigenvalue weighted by atomic mass is 10.0. The number of fused-ring (bicyclic) bond motifs is 1. The summed E-state index contributed by atoms with van der Waals surface area (Å²) >= 11 is 0. The Balaban J connectivity index is 0.000000227. The van der Waals surface area contributed by atoms with Crippen molar-refractivity contribution in [3.63, 3.8) is 0 Å². The number of carbonyl (C=O) groups is 2. The molecular formula is C65H78N8O4S2. The first kappa shape index (κ1) is 59.4. The normalized spacial score (nSPS) is 14.5. The average Bonchev–Trinajstić information content (AvgIpc) is 3.89. The van der Waals surface area contributed by atoms with Crippen molar-refractivity contribution < 1.29 is 19.1 Å². The molecule has 0 spiro atoms. The van der Waals surface area contributed by atoms with Crippen molar-refractivity contribution in [2.45, 2.75) is 89.9 Å². The van der Waals surface area contributed by atoms with Crippen LogP contribution in [0.5, 0.6) is 0 Å². The van der Waals surface area contributed by atoms with Gasteiger partial charge in [0.25, 0.3) is 0 Å². The van der Waals surface area contributed by atoms with E-state index in [2.05, 4.69) is 173 Å². The molecule has 414 valence electrons. The quantitative estimate of drug-likeness (QED) is 0.0809. The summed E-state index contributed by atoms with van der Waals surface area (Å²) in [5, 5.41) is 3.51. The van der Waals surface area contributed by atoms with E-state index in [1.54, 1.807) is 0 Å². The van der Waals surface area contributed by atoms with Crippen LogP contribution in [0.25, 0.3) is 22.4 Å². The van der Waals surface area contributed by atoms with Crippen molar-refractivity contribution >= 4 is 61.6 Å². The number of carbonyl (C=O) groups excluding carboxylic acids is 2. The summed E-state index contributed by atoms with van der Waals surface area (Å²) in [6.07, 6.45) is 3.01. The minimum Gasteiger partial charge on any atom is -0.448 e. The fourth-order valence-electron chi connectivity index (χ4n) is 10.4. The molecule has 7 aromatic carbocycles. The standard InChI is InChI=1S/C36H38N4O2.C29H36N4O2.2H2S/c1-28(39(25-29-13-5-2-6-14-29)26-30-15-7-3-8-16-30)27-42-36(41)38-23-21-32(22-24-38)40-34-20-12-11-19-33(34)37-35(40)31-17-9-4-10-18-31;1-23(33(20-24-10-4-2-5-11-24)21-25-12-6-3-7-13-25)22-35-29(34)32-18-16-26(17-19-32)31-28-15-9-8-14-27(28)30;;/h2-20,28,32H,21-27H2,1H3;2-15,23,26,31H,16-22,30H2,1H3;2*1H2/t28-;23-;;/m00../s1. The van der Waals surface area contributed by atoms with Crippen LogP contribution in [0.2, 0.25) is 0 Å². The summed E-state index contributed by atoms with van der Waals surface area (Å²) in [6, 6.07) is 69.0. The molecule has 2 fully saturated rings. The summed E-state index contributed by atoms with van der Waals surface area (Å²) < 4.78 is 14.1. The molecule has 2 aliphatic rings. The molecule has 1 aromatic heterocycles. The number of amides is 2. The highest BCUT2D eigenvalue weighted by atomic mass is 32.1. The van der Waals surface area contributed by atoms with E-state index < -0.39 is 0 Å². The summed E-state index contributed by atoms with van der Waals surface area (Å²) in [7, 11) is 0. The van der Waals surface area contributed by atoms with Gasteiger partial charge in [-0.15, -0.1) is 0 Å². The molecule has 0 bridgehead atoms. The molecule has 0 radical (unpaired) electrons. The van der Waals surface area contributed by atoms with E-state index in [0.29, 0.717) is 45.4 Å². The fraction of sp³-hybridized carbons (Fsp3) is 0.308. The highest BCUT2D eigenvalue weighted by molar-refractivity contribution is 7.59. The predicted molar refractivity (Wildman–Crippen MR) is 331 cm³/mol. The number of nitrogen functional groups attached to an aromatic ring is 1. The first-order valence-corrected chi connectivity index (χ1v) is 27.3. The SMILES string of the molecule is C[C@@H](COC(=O)N1CCC(Nc2ccccc2N)CC1)N(Cc1ccccc1)Cc1ccccc1.C[C@@H](COC(=O)N1CCC(n2c(-c3ccccc3)nc3ccccc32)CC1)N(Cc1ccccc1)Cc1ccccc1.S.S. The Hall–Kier alpha value is -7.23. The number of ether oxygens (including phenoxy) is 2. The molecule has 2 atom stereocenters. The number of para-hydroxylation sites is 4. The fourth-order valence-corrected chi connectivity index (χ4v) is 10.4. The van der Waals surface area contributed by atoms with Gasteiger partial charge in [0.1, 0.15) is 19.0 Å². The van der Waals surface area contributed by atoms with Crippen LogP contribution in [0.4, 0.5) is 21.0 Å². The zero-order valence-corrected chi connectivity index (χ0v) is 47.7. The Morgan fingerprint density at radius 3 is 1.35 bits per heavy atom. The number of nitrogens with zero attached hydrogens (tertiary/aromatic N) is 6. The van der Waals surface area contributed by atoms with Crippen LogP contribution in [0.15, 0.2) is 200 Å². The molecule has 2 amide bonds. The molecule has 2 aliphatic heterocycles. The molecule has 3 heterocycles. The second-order valence-corrected chi connectivity index (χ2v) is 20.5. The molecule has 10 rings (SSSR count). The number of hydrogen-bond donors (Lipinski definition) is 2. The van der Waals surface area contributed by atoms with Crippen LogP contribution < -0.4 is 11.1 Å². The lowest BCUT2D eigenvalue weighted by molar-refractivity contribution is 0.0568. The first-order chi connectivity index (χ1) is 37.7. The Labute approximate surface area is 481 Å². The van der Waals surface area contributed by atoms with Gasteiger partial charge in [-0.3, -0.25) is 9.80 Å². The van der Waals surface area contributed by atoms with Crippen LogP contribution in [0, 0.1) is 0 Å². The summed E-state index contributed by atoms with van der Waals surface area (Å²) in [5.41, 5.74) is 16.0. The minimum absolute atomic E-state index is 0. The maximum absolute atomic E-state index is 13.2. The van der Waals surface area contributed by atoms with E-state index in [0.717, 1.165) is 85.7 Å². The summed E-state index contributed by atoms with van der Waals surface area (Å²) in [6.45, 7) is 10.8. The highest BCUT2D eigenvalue weighted by Gasteiger charge is 2.29. The van der Waals surface area contributed by atoms with E-state index >= 15 is 0 Å². The van der Waals surface area contributed by atoms with Gasteiger partial charge in [-0.05, 0) is 86.1 Å². The molecule has 8 aromatic rings. The molecular weight excluding hydrogens is 1020 g/mol. The number of nitrogens with two attached hydrogens (primary N) is 1. The third-order valence-electron chi connectivity index (χ3n) is 14.8. The highest BCUT2D eigenvalue weighted by Crippen LogP contribution is 2.34. The van der Waals surface area contributed by atoms with Crippen LogP contribution in [-0.2, 0) is 35.7 Å². The maximum atomic E-state index is 13.2. The van der Waals surface area contributed by atoms with Crippen molar-refractivity contribution in [2.75, 3.05) is 50.4 Å². The number of rotatable bonds is 18. The molecule has 3 N–H and O–H groups in total. The van der Waals surface area contributed by atoms with Gasteiger partial charge >= 0.3 is 12.2 Å². The molecule has 2 saturated heterocycles. The molecule has 0 unspecified atom stereocenters. The van der Waals surface area contributed by atoms with Crippen LogP contribution in [0.3, 0.4) is 0 Å². The van der Waals surface area contributed by atoms with Gasteiger partial charge in [0.05, 0.1) is 22.4 Å². The largest absolute Gasteiger partial charge is 0.448 e. The average molecular weight is 1100 g/mol. The molecule has 0 aliphatic carbocycles. The van der Waals surface area contributed by atoms with Gasteiger partial charge in [-0.25, -0.2) is 14.6 Å². The zero-order valence-electron chi connectivity index (χ0n) is 45.7. The van der Waals surface area contributed by atoms with Crippen molar-refractivity contribution in [3.05, 3.63) is 222 Å². The van der Waals surface area contributed by atoms with Gasteiger partial charge < -0.3 is 34.9 Å². The van der Waals surface area contributed by atoms with Crippen LogP contribution in [-0.4, -0.2) is 98.9 Å². The van der Waals surface area contributed by atoms with Crippen molar-refractivity contribution in [2.24, 2.45) is 0 Å². The van der Waals surface area contributed by atoms with Gasteiger partial charge in [0.15, 0.2) is 0 Å². The lowest BCUT2D eigenvalue weighted by Crippen LogP contribution is -2.44. The molecule has 14 heteroatoms. The number of hydrogen-bond acceptors (Lipinski definition) is 9. The lowest BCUT2D eigenvalue weighted by Gasteiger charge is -2.34. The van der Waals surface area contributed by atoms with E-state index in [1.165, 1.54) is 22.3 Å². The first-order valence-electron chi connectivity index (χ1n) is 27.3. The van der Waals surface area contributed by atoms with E-state index in [9.17, 15) is 9.59 Å². The number of nitrogens with one attached hydrogen (secondary N) is 1. The summed E-state index contributed by atoms with van der Waals surface area (Å²) in [5.74, 6) is 0.989. The van der Waals surface area contributed by atoms with Gasteiger partial charge in [0, 0.05) is 82.1 Å². The monoisotopic (exact) mass is 1100 g/mol. The number of imidazole rings is 1. The van der Waals surface area contributed by atoms with Gasteiger partial charge in [-0.1, -0.05) is 176 Å². The second-order valence-electron chi connectivity index (χ2n) is 20.5. The summed E-state index contributed by atoms with van der Waals surface area (Å²) in [4.78, 5) is 39.4. The van der Waals surface area contributed by atoms with E-state index in [-0.39, 0.29) is 57.3 Å². The van der Waals surface area contributed by atoms with Crippen molar-refractivity contribution in [1.82, 2.24) is 29.2 Å². The molecule has 0 saturated carbocycles. The number of likely N-dealkylation sites (tertiary alicyclic amines) is 2. The van der Waals surface area contributed by atoms with Crippen molar-refractivity contribution in [1.29, 1.82) is 0 Å². The Kier molecular flexibility index (Phi) is 22.7. The van der Waals surface area contributed by atoms with Crippen LogP contribution >= 0.6 is 27.0 Å². The molecule has 12 nitrogen and oxygen atoms in total. The van der Waals surface area contributed by atoms with Gasteiger partial charge in [-0.2, -0.15) is 27.0 Å². The number of anilines is 2. The Bertz CT molecular complexity index is 2970. The zero-order chi connectivity index (χ0) is 53.2. The van der Waals surface area contributed by atoms with E-state index in [1.807, 2.05) is 70.5 Å². The predicted octanol–water partition coefficient (Wildman–Crippen LogP) is 13.2. The second kappa shape index (κ2) is 30.2. The third-order valence-corrected chi connectivity index (χ3v) is 14.8. The topological polar surface area (TPSA) is 121 Å². The Morgan fingerprint density at radius 2 is 0.911 bits per heavy atom. The molecule has 79 heavy (non-hydrogen) atoms. The Morgan fingerprint density at radius 1 is 0.532 bits per heavy atom. The number of aromatic nitrogens is 2. The maximum Gasteiger partial charge on any atom is 0.409 e. The smallest absolute Gasteiger partial charge is 0.409 e. The van der Waals surface area contributed by atoms with E-state index in [4.69, 9.17) is 20.2 Å². The third kappa shape index (κ3) is 16.9. The van der Waals surface area contributed by atoms with Gasteiger partial charge in [0.2, 0.25) is 0 Å². The number of benzene rings is 7.